The van der Waals surface area contributed by atoms with E-state index >= 15 is 0 Å². The summed E-state index contributed by atoms with van der Waals surface area (Å²) in [7, 11) is 2.86. The van der Waals surface area contributed by atoms with Gasteiger partial charge in [-0.05, 0) is 30.3 Å². The van der Waals surface area contributed by atoms with E-state index in [9.17, 15) is 9.59 Å². The standard InChI is InChI=1S/C20H25N3O5/c1-4-22-11-13-7-5-6-8-15(13)23-20(25)14-9-16(26-2)19(17(10-14)27-3)28-12-18(21)24/h5-10,22H,4,11-12H2,1-3H3,(H2,21,24)(H,23,25). The quantitative estimate of drug-likeness (QED) is 0.574. The first-order valence-corrected chi connectivity index (χ1v) is 8.77. The van der Waals surface area contributed by atoms with E-state index in [2.05, 4.69) is 10.6 Å². The van der Waals surface area contributed by atoms with E-state index in [1.807, 2.05) is 31.2 Å². The van der Waals surface area contributed by atoms with Gasteiger partial charge in [0, 0.05) is 17.8 Å². The number of amides is 2. The van der Waals surface area contributed by atoms with Crippen molar-refractivity contribution in [1.29, 1.82) is 0 Å². The molecule has 0 aliphatic heterocycles. The van der Waals surface area contributed by atoms with E-state index in [0.717, 1.165) is 12.1 Å². The molecule has 0 spiro atoms. The van der Waals surface area contributed by atoms with E-state index in [-0.39, 0.29) is 29.8 Å². The van der Waals surface area contributed by atoms with Crippen LogP contribution in [0.3, 0.4) is 0 Å². The molecule has 2 rings (SSSR count). The number of para-hydroxylation sites is 1. The largest absolute Gasteiger partial charge is 0.493 e. The van der Waals surface area contributed by atoms with Crippen molar-refractivity contribution in [3.05, 3.63) is 47.5 Å². The first-order chi connectivity index (χ1) is 13.5. The van der Waals surface area contributed by atoms with Gasteiger partial charge < -0.3 is 30.6 Å². The molecule has 0 unspecified atom stereocenters. The molecule has 0 bridgehead atoms. The number of anilines is 1. The number of primary amides is 1. The fraction of sp³-hybridized carbons (Fsp3) is 0.300. The summed E-state index contributed by atoms with van der Waals surface area (Å²) in [6, 6.07) is 10.6. The molecule has 2 aromatic rings. The van der Waals surface area contributed by atoms with Gasteiger partial charge in [-0.3, -0.25) is 9.59 Å². The number of carbonyl (C=O) groups excluding carboxylic acids is 2. The van der Waals surface area contributed by atoms with Gasteiger partial charge in [-0.25, -0.2) is 0 Å². The van der Waals surface area contributed by atoms with Gasteiger partial charge in [-0.15, -0.1) is 0 Å². The van der Waals surface area contributed by atoms with Crippen LogP contribution in [0.2, 0.25) is 0 Å². The molecule has 28 heavy (non-hydrogen) atoms. The Labute approximate surface area is 164 Å². The predicted octanol–water partition coefficient (Wildman–Crippen LogP) is 1.93. The van der Waals surface area contributed by atoms with Crippen molar-refractivity contribution in [3.8, 4) is 17.2 Å². The molecule has 0 saturated heterocycles. The van der Waals surface area contributed by atoms with Crippen LogP contribution >= 0.6 is 0 Å². The zero-order valence-corrected chi connectivity index (χ0v) is 16.2. The molecular weight excluding hydrogens is 362 g/mol. The van der Waals surface area contributed by atoms with Crippen molar-refractivity contribution < 1.29 is 23.8 Å². The van der Waals surface area contributed by atoms with E-state index in [0.29, 0.717) is 17.8 Å². The second kappa shape index (κ2) is 10.2. The van der Waals surface area contributed by atoms with Gasteiger partial charge >= 0.3 is 0 Å². The van der Waals surface area contributed by atoms with E-state index in [4.69, 9.17) is 19.9 Å². The molecule has 0 aliphatic carbocycles. The normalized spacial score (nSPS) is 10.2. The maximum atomic E-state index is 12.8. The van der Waals surface area contributed by atoms with Gasteiger partial charge in [0.15, 0.2) is 18.1 Å². The summed E-state index contributed by atoms with van der Waals surface area (Å²) in [5, 5.41) is 6.14. The fourth-order valence-corrected chi connectivity index (χ4v) is 2.55. The second-order valence-electron chi connectivity index (χ2n) is 5.86. The van der Waals surface area contributed by atoms with Crippen LogP contribution < -0.4 is 30.6 Å². The number of nitrogens with two attached hydrogens (primary N) is 1. The van der Waals surface area contributed by atoms with E-state index in [1.54, 1.807) is 0 Å². The molecule has 0 heterocycles. The smallest absolute Gasteiger partial charge is 0.255 e. The van der Waals surface area contributed by atoms with Crippen LogP contribution in [0.15, 0.2) is 36.4 Å². The summed E-state index contributed by atoms with van der Waals surface area (Å²) < 4.78 is 15.9. The van der Waals surface area contributed by atoms with Crippen molar-refractivity contribution in [2.45, 2.75) is 13.5 Å². The summed E-state index contributed by atoms with van der Waals surface area (Å²) in [5.41, 5.74) is 7.12. The highest BCUT2D eigenvalue weighted by molar-refractivity contribution is 6.05. The lowest BCUT2D eigenvalue weighted by Gasteiger charge is -2.16. The summed E-state index contributed by atoms with van der Waals surface area (Å²) in [5.74, 6) is -0.253. The van der Waals surface area contributed by atoms with Gasteiger partial charge in [0.25, 0.3) is 11.8 Å². The third-order valence-electron chi connectivity index (χ3n) is 3.91. The van der Waals surface area contributed by atoms with Crippen LogP contribution in [-0.2, 0) is 11.3 Å². The third kappa shape index (κ3) is 5.37. The number of ether oxygens (including phenoxy) is 3. The van der Waals surface area contributed by atoms with Crippen LogP contribution in [0, 0.1) is 0 Å². The zero-order chi connectivity index (χ0) is 20.5. The van der Waals surface area contributed by atoms with E-state index < -0.39 is 5.91 Å². The molecule has 0 aromatic heterocycles. The number of hydrogen-bond donors (Lipinski definition) is 3. The van der Waals surface area contributed by atoms with Crippen molar-refractivity contribution in [2.75, 3.05) is 32.7 Å². The third-order valence-corrected chi connectivity index (χ3v) is 3.91. The maximum absolute atomic E-state index is 12.8. The number of hydrogen-bond acceptors (Lipinski definition) is 6. The van der Waals surface area contributed by atoms with Crippen molar-refractivity contribution in [2.24, 2.45) is 5.73 Å². The molecule has 4 N–H and O–H groups in total. The summed E-state index contributed by atoms with van der Waals surface area (Å²) in [6.45, 7) is 3.14. The summed E-state index contributed by atoms with van der Waals surface area (Å²) in [6.07, 6.45) is 0. The summed E-state index contributed by atoms with van der Waals surface area (Å²) >= 11 is 0. The Morgan fingerprint density at radius 1 is 1.07 bits per heavy atom. The Balaban J connectivity index is 2.30. The van der Waals surface area contributed by atoms with Crippen molar-refractivity contribution >= 4 is 17.5 Å². The highest BCUT2D eigenvalue weighted by atomic mass is 16.5. The van der Waals surface area contributed by atoms with Crippen LogP contribution in [0.1, 0.15) is 22.8 Å². The van der Waals surface area contributed by atoms with E-state index in [1.165, 1.54) is 26.4 Å². The minimum atomic E-state index is -0.636. The number of rotatable bonds is 10. The lowest BCUT2D eigenvalue weighted by Crippen LogP contribution is -2.21. The monoisotopic (exact) mass is 387 g/mol. The Kier molecular flexibility index (Phi) is 7.65. The first-order valence-electron chi connectivity index (χ1n) is 8.77. The molecule has 8 nitrogen and oxygen atoms in total. The minimum absolute atomic E-state index is 0.202. The Bertz CT molecular complexity index is 813. The van der Waals surface area contributed by atoms with Gasteiger partial charge in [-0.1, -0.05) is 25.1 Å². The molecular formula is C20H25N3O5. The molecule has 150 valence electrons. The van der Waals surface area contributed by atoms with Crippen LogP contribution in [0.4, 0.5) is 5.69 Å². The molecule has 2 amide bonds. The van der Waals surface area contributed by atoms with Gasteiger partial charge in [0.1, 0.15) is 0 Å². The molecule has 0 aliphatic rings. The number of benzene rings is 2. The maximum Gasteiger partial charge on any atom is 0.255 e. The SMILES string of the molecule is CCNCc1ccccc1NC(=O)c1cc(OC)c(OCC(N)=O)c(OC)c1. The van der Waals surface area contributed by atoms with Crippen molar-refractivity contribution in [1.82, 2.24) is 5.32 Å². The van der Waals surface area contributed by atoms with Gasteiger partial charge in [0.05, 0.1) is 14.2 Å². The highest BCUT2D eigenvalue weighted by Crippen LogP contribution is 2.38. The molecule has 0 saturated carbocycles. The number of carbonyl (C=O) groups is 2. The van der Waals surface area contributed by atoms with Gasteiger partial charge in [-0.2, -0.15) is 0 Å². The Hall–Kier alpha value is -3.26. The first kappa shape index (κ1) is 21.0. The number of nitrogens with one attached hydrogen (secondary N) is 2. The average Bonchev–Trinajstić information content (AvgIpc) is 2.70. The zero-order valence-electron chi connectivity index (χ0n) is 16.2. The fourth-order valence-electron chi connectivity index (χ4n) is 2.55. The van der Waals surface area contributed by atoms with Crippen LogP contribution in [-0.4, -0.2) is 39.2 Å². The van der Waals surface area contributed by atoms with Crippen molar-refractivity contribution in [3.63, 3.8) is 0 Å². The Morgan fingerprint density at radius 3 is 2.29 bits per heavy atom. The lowest BCUT2D eigenvalue weighted by atomic mass is 10.1. The minimum Gasteiger partial charge on any atom is -0.493 e. The molecule has 8 heteroatoms. The van der Waals surface area contributed by atoms with Crippen LogP contribution in [0.25, 0.3) is 0 Å². The molecule has 0 fully saturated rings. The van der Waals surface area contributed by atoms with Crippen LogP contribution in [0.5, 0.6) is 17.2 Å². The second-order valence-corrected chi connectivity index (χ2v) is 5.86. The Morgan fingerprint density at radius 2 is 1.71 bits per heavy atom. The van der Waals surface area contributed by atoms with Gasteiger partial charge in [0.2, 0.25) is 5.75 Å². The molecule has 0 radical (unpaired) electrons. The molecule has 2 aromatic carbocycles. The average molecular weight is 387 g/mol. The summed E-state index contributed by atoms with van der Waals surface area (Å²) in [4.78, 5) is 23.8. The predicted molar refractivity (Wildman–Crippen MR) is 106 cm³/mol. The molecule has 0 atom stereocenters. The highest BCUT2D eigenvalue weighted by Gasteiger charge is 2.19. The lowest BCUT2D eigenvalue weighted by molar-refractivity contribution is -0.120. The number of methoxy groups -OCH3 is 2. The topological polar surface area (TPSA) is 112 Å².